The molecule has 0 bridgehead atoms. The first kappa shape index (κ1) is 15.9. The number of methoxy groups -OCH3 is 1. The van der Waals surface area contributed by atoms with Crippen LogP contribution in [0, 0.1) is 6.92 Å². The molecule has 0 saturated heterocycles. The highest BCUT2D eigenvalue weighted by Gasteiger charge is 2.09. The third-order valence-corrected chi connectivity index (χ3v) is 3.30. The number of hydrazone groups is 1. The van der Waals surface area contributed by atoms with Gasteiger partial charge in [-0.3, -0.25) is 4.79 Å². The lowest BCUT2D eigenvalue weighted by atomic mass is 10.1. The Kier molecular flexibility index (Phi) is 5.01. The van der Waals surface area contributed by atoms with Crippen LogP contribution in [-0.4, -0.2) is 24.3 Å². The summed E-state index contributed by atoms with van der Waals surface area (Å²) in [6, 6.07) is 10.1. The average Bonchev–Trinajstić information content (AvgIpc) is 2.48. The molecule has 2 N–H and O–H groups in total. The van der Waals surface area contributed by atoms with E-state index in [-0.39, 0.29) is 5.75 Å². The normalized spacial score (nSPS) is 10.7. The van der Waals surface area contributed by atoms with E-state index in [1.165, 1.54) is 13.3 Å². The van der Waals surface area contributed by atoms with Crippen LogP contribution in [0.15, 0.2) is 41.5 Å². The van der Waals surface area contributed by atoms with Gasteiger partial charge in [-0.05, 0) is 36.8 Å². The third-order valence-electron chi connectivity index (χ3n) is 2.99. The molecule has 5 nitrogen and oxygen atoms in total. The molecule has 0 unspecified atom stereocenters. The van der Waals surface area contributed by atoms with Crippen molar-refractivity contribution in [1.29, 1.82) is 0 Å². The van der Waals surface area contributed by atoms with Crippen molar-refractivity contribution < 1.29 is 14.6 Å². The van der Waals surface area contributed by atoms with Gasteiger partial charge in [0.05, 0.1) is 23.9 Å². The van der Waals surface area contributed by atoms with Gasteiger partial charge < -0.3 is 9.84 Å². The number of rotatable bonds is 4. The van der Waals surface area contributed by atoms with E-state index in [0.29, 0.717) is 21.9 Å². The van der Waals surface area contributed by atoms with Gasteiger partial charge in [0, 0.05) is 5.56 Å². The number of hydrogen-bond acceptors (Lipinski definition) is 4. The number of phenolic OH excluding ortho intramolecular Hbond substituents is 1. The SMILES string of the molecule is COc1cccc(/C=N\NC(=O)c2ccc(C)cc2Cl)c1O. The van der Waals surface area contributed by atoms with Crippen LogP contribution >= 0.6 is 11.6 Å². The molecule has 2 aromatic carbocycles. The van der Waals surface area contributed by atoms with E-state index in [0.717, 1.165) is 5.56 Å². The summed E-state index contributed by atoms with van der Waals surface area (Å²) in [4.78, 5) is 12.0. The topological polar surface area (TPSA) is 70.9 Å². The number of phenols is 1. The van der Waals surface area contributed by atoms with Gasteiger partial charge in [-0.1, -0.05) is 23.7 Å². The minimum absolute atomic E-state index is 0.0450. The van der Waals surface area contributed by atoms with Crippen molar-refractivity contribution in [2.45, 2.75) is 6.92 Å². The molecule has 2 rings (SSSR count). The number of nitrogens with zero attached hydrogens (tertiary/aromatic N) is 1. The van der Waals surface area contributed by atoms with E-state index < -0.39 is 5.91 Å². The summed E-state index contributed by atoms with van der Waals surface area (Å²) in [6.07, 6.45) is 1.33. The highest BCUT2D eigenvalue weighted by atomic mass is 35.5. The van der Waals surface area contributed by atoms with Crippen LogP contribution in [0.4, 0.5) is 0 Å². The number of amides is 1. The van der Waals surface area contributed by atoms with E-state index in [1.807, 2.05) is 6.92 Å². The Morgan fingerprint density at radius 1 is 1.36 bits per heavy atom. The number of carbonyl (C=O) groups is 1. The Morgan fingerprint density at radius 2 is 2.14 bits per heavy atom. The number of carbonyl (C=O) groups excluding carboxylic acids is 1. The molecular formula is C16H15ClN2O3. The number of ether oxygens (including phenoxy) is 1. The van der Waals surface area contributed by atoms with Crippen LogP contribution in [0.25, 0.3) is 0 Å². The lowest BCUT2D eigenvalue weighted by Gasteiger charge is -2.05. The number of hydrogen-bond donors (Lipinski definition) is 2. The maximum absolute atomic E-state index is 12.0. The van der Waals surface area contributed by atoms with Crippen LogP contribution < -0.4 is 10.2 Å². The van der Waals surface area contributed by atoms with Gasteiger partial charge in [0.1, 0.15) is 0 Å². The second kappa shape index (κ2) is 6.95. The van der Waals surface area contributed by atoms with Crippen LogP contribution in [0.2, 0.25) is 5.02 Å². The molecule has 2 aromatic rings. The van der Waals surface area contributed by atoms with Crippen molar-refractivity contribution in [3.63, 3.8) is 0 Å². The Bertz CT molecular complexity index is 729. The Labute approximate surface area is 133 Å². The van der Waals surface area contributed by atoms with E-state index >= 15 is 0 Å². The second-order valence-electron chi connectivity index (χ2n) is 4.58. The Morgan fingerprint density at radius 3 is 2.82 bits per heavy atom. The van der Waals surface area contributed by atoms with Gasteiger partial charge >= 0.3 is 0 Å². The number of para-hydroxylation sites is 1. The van der Waals surface area contributed by atoms with Crippen molar-refractivity contribution in [2.24, 2.45) is 5.10 Å². The molecule has 22 heavy (non-hydrogen) atoms. The van der Waals surface area contributed by atoms with Gasteiger partial charge in [-0.25, -0.2) is 5.43 Å². The van der Waals surface area contributed by atoms with Gasteiger partial charge in [0.25, 0.3) is 5.91 Å². The maximum atomic E-state index is 12.0. The largest absolute Gasteiger partial charge is 0.504 e. The quantitative estimate of drug-likeness (QED) is 0.672. The first-order valence-electron chi connectivity index (χ1n) is 6.48. The molecule has 0 spiro atoms. The molecule has 0 aliphatic rings. The molecule has 114 valence electrons. The summed E-state index contributed by atoms with van der Waals surface area (Å²) < 4.78 is 4.99. The van der Waals surface area contributed by atoms with Gasteiger partial charge in [-0.15, -0.1) is 0 Å². The summed E-state index contributed by atoms with van der Waals surface area (Å²) in [7, 11) is 1.46. The summed E-state index contributed by atoms with van der Waals surface area (Å²) in [5.74, 6) is -0.142. The number of nitrogens with one attached hydrogen (secondary N) is 1. The highest BCUT2D eigenvalue weighted by Crippen LogP contribution is 2.27. The van der Waals surface area contributed by atoms with Gasteiger partial charge in [0.15, 0.2) is 11.5 Å². The fourth-order valence-electron chi connectivity index (χ4n) is 1.83. The minimum Gasteiger partial charge on any atom is -0.504 e. The van der Waals surface area contributed by atoms with Crippen LogP contribution in [0.1, 0.15) is 21.5 Å². The van der Waals surface area contributed by atoms with E-state index in [4.69, 9.17) is 16.3 Å². The molecule has 0 atom stereocenters. The van der Waals surface area contributed by atoms with Crippen LogP contribution in [0.3, 0.4) is 0 Å². The molecule has 0 aromatic heterocycles. The van der Waals surface area contributed by atoms with Crippen molar-refractivity contribution in [3.05, 3.63) is 58.1 Å². The second-order valence-corrected chi connectivity index (χ2v) is 4.99. The summed E-state index contributed by atoms with van der Waals surface area (Å²) in [6.45, 7) is 1.89. The maximum Gasteiger partial charge on any atom is 0.272 e. The molecule has 0 saturated carbocycles. The molecule has 6 heteroatoms. The lowest BCUT2D eigenvalue weighted by Crippen LogP contribution is -2.18. The van der Waals surface area contributed by atoms with Crippen molar-refractivity contribution in [1.82, 2.24) is 5.43 Å². The standard InChI is InChI=1S/C16H15ClN2O3/c1-10-6-7-12(13(17)8-10)16(21)19-18-9-11-4-3-5-14(22-2)15(11)20/h3-9,20H,1-2H3,(H,19,21)/b18-9-. The van der Waals surface area contributed by atoms with Crippen LogP contribution in [-0.2, 0) is 0 Å². The summed E-state index contributed by atoms with van der Waals surface area (Å²) >= 11 is 6.02. The predicted molar refractivity (Wildman–Crippen MR) is 85.9 cm³/mol. The zero-order valence-electron chi connectivity index (χ0n) is 12.1. The van der Waals surface area contributed by atoms with Crippen LogP contribution in [0.5, 0.6) is 11.5 Å². The monoisotopic (exact) mass is 318 g/mol. The zero-order chi connectivity index (χ0) is 16.1. The van der Waals surface area contributed by atoms with Crippen molar-refractivity contribution in [2.75, 3.05) is 7.11 Å². The minimum atomic E-state index is -0.427. The Balaban J connectivity index is 2.11. The van der Waals surface area contributed by atoms with Gasteiger partial charge in [-0.2, -0.15) is 5.10 Å². The van der Waals surface area contributed by atoms with Gasteiger partial charge in [0.2, 0.25) is 0 Å². The number of halogens is 1. The number of aryl methyl sites for hydroxylation is 1. The molecule has 1 amide bonds. The fourth-order valence-corrected chi connectivity index (χ4v) is 2.15. The molecule has 0 aliphatic heterocycles. The van der Waals surface area contributed by atoms with E-state index in [2.05, 4.69) is 10.5 Å². The third kappa shape index (κ3) is 3.56. The smallest absolute Gasteiger partial charge is 0.272 e. The molecule has 0 fully saturated rings. The summed E-state index contributed by atoms with van der Waals surface area (Å²) in [5.41, 5.74) is 4.09. The summed E-state index contributed by atoms with van der Waals surface area (Å²) in [5, 5.41) is 14.1. The number of aromatic hydroxyl groups is 1. The highest BCUT2D eigenvalue weighted by molar-refractivity contribution is 6.33. The molecule has 0 heterocycles. The Hall–Kier alpha value is -2.53. The van der Waals surface area contributed by atoms with E-state index in [9.17, 15) is 9.90 Å². The lowest BCUT2D eigenvalue weighted by molar-refractivity contribution is 0.0955. The van der Waals surface area contributed by atoms with E-state index in [1.54, 1.807) is 36.4 Å². The van der Waals surface area contributed by atoms with Crippen molar-refractivity contribution in [3.8, 4) is 11.5 Å². The first-order valence-corrected chi connectivity index (χ1v) is 6.86. The van der Waals surface area contributed by atoms with Crippen molar-refractivity contribution >= 4 is 23.7 Å². The predicted octanol–water partition coefficient (Wildman–Crippen LogP) is 3.13. The number of benzene rings is 2. The molecular weight excluding hydrogens is 304 g/mol. The molecule has 0 radical (unpaired) electrons. The zero-order valence-corrected chi connectivity index (χ0v) is 12.9. The average molecular weight is 319 g/mol. The fraction of sp³-hybridized carbons (Fsp3) is 0.125. The first-order chi connectivity index (χ1) is 10.5. The molecule has 0 aliphatic carbocycles.